The summed E-state index contributed by atoms with van der Waals surface area (Å²) in [6.07, 6.45) is -3.48. The Morgan fingerprint density at radius 2 is 1.88 bits per heavy atom. The fraction of sp³-hybridized carbons (Fsp3) is 0.182. The first kappa shape index (κ1) is 12.3. The van der Waals surface area contributed by atoms with Gasteiger partial charge in [-0.05, 0) is 24.6 Å². The van der Waals surface area contributed by atoms with Crippen LogP contribution in [-0.2, 0) is 11.0 Å². The first-order chi connectivity index (χ1) is 7.32. The number of hydrogen-bond acceptors (Lipinski definition) is 1. The molecular formula is C11H9F3O2. The van der Waals surface area contributed by atoms with E-state index in [1.165, 1.54) is 25.1 Å². The number of aliphatic carboxylic acids is 1. The van der Waals surface area contributed by atoms with Gasteiger partial charge in [0.15, 0.2) is 0 Å². The number of alkyl halides is 3. The van der Waals surface area contributed by atoms with Gasteiger partial charge in [-0.1, -0.05) is 18.2 Å². The first-order valence-electron chi connectivity index (χ1n) is 4.40. The molecule has 2 nitrogen and oxygen atoms in total. The Morgan fingerprint density at radius 3 is 2.38 bits per heavy atom. The Balaban J connectivity index is 3.25. The van der Waals surface area contributed by atoms with Gasteiger partial charge in [0.2, 0.25) is 0 Å². The molecule has 5 heteroatoms. The molecule has 1 N–H and O–H groups in total. The minimum absolute atomic E-state index is 0.142. The lowest BCUT2D eigenvalue weighted by Gasteiger charge is -2.09. The molecule has 16 heavy (non-hydrogen) atoms. The minimum Gasteiger partial charge on any atom is -0.478 e. The average molecular weight is 230 g/mol. The van der Waals surface area contributed by atoms with Gasteiger partial charge in [0.1, 0.15) is 0 Å². The predicted octanol–water partition coefficient (Wildman–Crippen LogP) is 3.19. The van der Waals surface area contributed by atoms with Crippen molar-refractivity contribution in [3.63, 3.8) is 0 Å². The lowest BCUT2D eigenvalue weighted by Crippen LogP contribution is -2.07. The van der Waals surface area contributed by atoms with E-state index in [1.807, 2.05) is 0 Å². The Kier molecular flexibility index (Phi) is 3.37. The van der Waals surface area contributed by atoms with Crippen molar-refractivity contribution in [1.82, 2.24) is 0 Å². The molecule has 0 spiro atoms. The van der Waals surface area contributed by atoms with Gasteiger partial charge >= 0.3 is 12.1 Å². The third kappa shape index (κ3) is 2.85. The van der Waals surface area contributed by atoms with E-state index in [2.05, 4.69) is 0 Å². The predicted molar refractivity (Wildman–Crippen MR) is 52.7 cm³/mol. The molecule has 0 bridgehead atoms. The number of carbonyl (C=O) groups is 1. The van der Waals surface area contributed by atoms with Crippen LogP contribution in [0.3, 0.4) is 0 Å². The van der Waals surface area contributed by atoms with E-state index in [9.17, 15) is 18.0 Å². The topological polar surface area (TPSA) is 37.3 Å². The molecule has 0 aliphatic carbocycles. The Hall–Kier alpha value is -1.78. The normalized spacial score (nSPS) is 12.6. The van der Waals surface area contributed by atoms with Crippen molar-refractivity contribution in [2.45, 2.75) is 13.1 Å². The summed E-state index contributed by atoms with van der Waals surface area (Å²) in [4.78, 5) is 10.5. The van der Waals surface area contributed by atoms with Crippen LogP contribution in [0.4, 0.5) is 13.2 Å². The van der Waals surface area contributed by atoms with Crippen LogP contribution in [0.2, 0.25) is 0 Å². The van der Waals surface area contributed by atoms with Crippen LogP contribution >= 0.6 is 0 Å². The molecular weight excluding hydrogens is 221 g/mol. The van der Waals surface area contributed by atoms with Gasteiger partial charge < -0.3 is 5.11 Å². The molecule has 0 aliphatic heterocycles. The quantitative estimate of drug-likeness (QED) is 0.792. The average Bonchev–Trinajstić information content (AvgIpc) is 2.16. The van der Waals surface area contributed by atoms with Crippen LogP contribution < -0.4 is 0 Å². The Bertz CT molecular complexity index is 433. The molecule has 1 aromatic carbocycles. The lowest BCUT2D eigenvalue weighted by molar-refractivity contribution is -0.138. The Morgan fingerprint density at radius 1 is 1.31 bits per heavy atom. The van der Waals surface area contributed by atoms with Gasteiger partial charge in [-0.25, -0.2) is 4.79 Å². The van der Waals surface area contributed by atoms with Crippen molar-refractivity contribution < 1.29 is 23.1 Å². The van der Waals surface area contributed by atoms with Gasteiger partial charge in [-0.3, -0.25) is 0 Å². The van der Waals surface area contributed by atoms with Crippen LogP contribution in [0.1, 0.15) is 18.1 Å². The number of carboxylic acid groups (broad SMARTS) is 1. The van der Waals surface area contributed by atoms with E-state index in [1.54, 1.807) is 0 Å². The molecule has 0 unspecified atom stereocenters. The highest BCUT2D eigenvalue weighted by Gasteiger charge is 2.32. The molecule has 86 valence electrons. The van der Waals surface area contributed by atoms with E-state index in [-0.39, 0.29) is 11.1 Å². The molecule has 0 aromatic heterocycles. The molecule has 0 aliphatic rings. The van der Waals surface area contributed by atoms with E-state index in [4.69, 9.17) is 5.11 Å². The van der Waals surface area contributed by atoms with Gasteiger partial charge in [-0.15, -0.1) is 0 Å². The SMILES string of the molecule is C/C(=C\c1ccccc1C(F)(F)F)C(=O)O. The van der Waals surface area contributed by atoms with Crippen LogP contribution in [0.5, 0.6) is 0 Å². The first-order valence-corrected chi connectivity index (χ1v) is 4.40. The third-order valence-electron chi connectivity index (χ3n) is 1.98. The minimum atomic E-state index is -4.48. The zero-order chi connectivity index (χ0) is 12.3. The van der Waals surface area contributed by atoms with Gasteiger partial charge in [0, 0.05) is 5.57 Å². The van der Waals surface area contributed by atoms with Crippen molar-refractivity contribution in [3.05, 3.63) is 41.0 Å². The van der Waals surface area contributed by atoms with Crippen molar-refractivity contribution in [3.8, 4) is 0 Å². The van der Waals surface area contributed by atoms with Crippen LogP contribution in [0.25, 0.3) is 6.08 Å². The largest absolute Gasteiger partial charge is 0.478 e. The van der Waals surface area contributed by atoms with Crippen LogP contribution in [0, 0.1) is 0 Å². The second-order valence-corrected chi connectivity index (χ2v) is 3.22. The maximum absolute atomic E-state index is 12.5. The maximum atomic E-state index is 12.5. The second-order valence-electron chi connectivity index (χ2n) is 3.22. The van der Waals surface area contributed by atoms with Gasteiger partial charge in [-0.2, -0.15) is 13.2 Å². The molecule has 0 radical (unpaired) electrons. The lowest BCUT2D eigenvalue weighted by atomic mass is 10.0. The fourth-order valence-electron chi connectivity index (χ4n) is 1.18. The molecule has 0 heterocycles. The monoisotopic (exact) mass is 230 g/mol. The summed E-state index contributed by atoms with van der Waals surface area (Å²) in [7, 11) is 0. The summed E-state index contributed by atoms with van der Waals surface area (Å²) in [6.45, 7) is 1.25. The standard InChI is InChI=1S/C11H9F3O2/c1-7(10(15)16)6-8-4-2-3-5-9(8)11(12,13)14/h2-6H,1H3,(H,15,16)/b7-6+. The van der Waals surface area contributed by atoms with E-state index in [0.29, 0.717) is 0 Å². The fourth-order valence-corrected chi connectivity index (χ4v) is 1.18. The molecule has 0 amide bonds. The zero-order valence-electron chi connectivity index (χ0n) is 8.38. The highest BCUT2D eigenvalue weighted by atomic mass is 19.4. The molecule has 1 aromatic rings. The third-order valence-corrected chi connectivity index (χ3v) is 1.98. The number of benzene rings is 1. The van der Waals surface area contributed by atoms with Gasteiger partial charge in [0.25, 0.3) is 0 Å². The van der Waals surface area contributed by atoms with E-state index >= 15 is 0 Å². The number of halogens is 3. The van der Waals surface area contributed by atoms with Crippen molar-refractivity contribution >= 4 is 12.0 Å². The Labute approximate surface area is 90.0 Å². The summed E-state index contributed by atoms with van der Waals surface area (Å²) in [5.74, 6) is -1.24. The molecule has 0 atom stereocenters. The summed E-state index contributed by atoms with van der Waals surface area (Å²) >= 11 is 0. The highest BCUT2D eigenvalue weighted by molar-refractivity contribution is 5.91. The molecule has 0 saturated carbocycles. The molecule has 1 rings (SSSR count). The summed E-state index contributed by atoms with van der Waals surface area (Å²) in [6, 6.07) is 4.84. The zero-order valence-corrected chi connectivity index (χ0v) is 8.38. The van der Waals surface area contributed by atoms with Crippen LogP contribution in [-0.4, -0.2) is 11.1 Å². The summed E-state index contributed by atoms with van der Waals surface area (Å²) in [5, 5.41) is 8.59. The summed E-state index contributed by atoms with van der Waals surface area (Å²) in [5.41, 5.74) is -1.12. The number of carboxylic acids is 1. The summed E-state index contributed by atoms with van der Waals surface area (Å²) < 4.78 is 37.6. The van der Waals surface area contributed by atoms with Gasteiger partial charge in [0.05, 0.1) is 5.56 Å². The van der Waals surface area contributed by atoms with Crippen molar-refractivity contribution in [1.29, 1.82) is 0 Å². The molecule has 0 fully saturated rings. The molecule has 0 saturated heterocycles. The van der Waals surface area contributed by atoms with Crippen molar-refractivity contribution in [2.24, 2.45) is 0 Å². The van der Waals surface area contributed by atoms with Crippen LogP contribution in [0.15, 0.2) is 29.8 Å². The van der Waals surface area contributed by atoms with Crippen molar-refractivity contribution in [2.75, 3.05) is 0 Å². The maximum Gasteiger partial charge on any atom is 0.416 e. The second kappa shape index (κ2) is 4.38. The highest BCUT2D eigenvalue weighted by Crippen LogP contribution is 2.32. The van der Waals surface area contributed by atoms with E-state index in [0.717, 1.165) is 12.1 Å². The number of rotatable bonds is 2. The number of hydrogen-bond donors (Lipinski definition) is 1. The van der Waals surface area contributed by atoms with E-state index < -0.39 is 17.7 Å². The smallest absolute Gasteiger partial charge is 0.416 e.